The van der Waals surface area contributed by atoms with Crippen LogP contribution in [0.5, 0.6) is 0 Å². The Hall–Kier alpha value is -0.360. The van der Waals surface area contributed by atoms with Gasteiger partial charge in [0, 0.05) is 13.7 Å². The van der Waals surface area contributed by atoms with Crippen molar-refractivity contribution in [3.63, 3.8) is 0 Å². The van der Waals surface area contributed by atoms with Gasteiger partial charge in [0.15, 0.2) is 0 Å². The predicted molar refractivity (Wildman–Crippen MR) is 75.2 cm³/mol. The summed E-state index contributed by atoms with van der Waals surface area (Å²) in [5, 5.41) is 3.84. The number of rotatable bonds is 5. The topological polar surface area (TPSA) is 43.4 Å². The molecule has 0 amide bonds. The summed E-state index contributed by atoms with van der Waals surface area (Å²) >= 11 is 9.21. The Morgan fingerprint density at radius 2 is 2.39 bits per heavy atom. The average molecular weight is 336 g/mol. The Kier molecular flexibility index (Phi) is 4.84. The van der Waals surface area contributed by atoms with Gasteiger partial charge in [-0.2, -0.15) is 0 Å². The van der Waals surface area contributed by atoms with Gasteiger partial charge in [-0.15, -0.1) is 0 Å². The zero-order valence-electron chi connectivity index (χ0n) is 10.3. The molecule has 1 N–H and O–H groups in total. The number of hydrogen-bond acceptors (Lipinski definition) is 4. The molecule has 1 saturated carbocycles. The highest BCUT2D eigenvalue weighted by Gasteiger charge is 2.42. The van der Waals surface area contributed by atoms with Crippen LogP contribution in [0, 0.1) is 0 Å². The molecule has 1 aliphatic carbocycles. The third-order valence-corrected chi connectivity index (χ3v) is 4.18. The van der Waals surface area contributed by atoms with E-state index in [1.54, 1.807) is 13.3 Å². The summed E-state index contributed by atoms with van der Waals surface area (Å²) in [6.45, 7) is 2.71. The second kappa shape index (κ2) is 6.19. The number of methoxy groups -OCH3 is 1. The average Bonchev–Trinajstić information content (AvgIpc) is 2.32. The number of nitrogens with one attached hydrogen (secondary N) is 1. The maximum Gasteiger partial charge on any atom is 0.143 e. The third-order valence-electron chi connectivity index (χ3n) is 3.05. The standard InChI is InChI=1S/C12H16BrClN2O2/c1-3-18-10-5-9(11(10)17-2)16-7-4-8(13)12(14)15-6-7/h4,6,9-11,16H,3,5H2,1-2H3. The van der Waals surface area contributed by atoms with Crippen molar-refractivity contribution in [2.75, 3.05) is 19.0 Å². The molecular weight excluding hydrogens is 320 g/mol. The molecule has 0 bridgehead atoms. The molecule has 1 aliphatic rings. The van der Waals surface area contributed by atoms with E-state index in [2.05, 4.69) is 26.2 Å². The van der Waals surface area contributed by atoms with Gasteiger partial charge in [0.1, 0.15) is 11.3 Å². The minimum Gasteiger partial charge on any atom is -0.378 e. The summed E-state index contributed by atoms with van der Waals surface area (Å²) in [7, 11) is 1.71. The van der Waals surface area contributed by atoms with Gasteiger partial charge in [-0.1, -0.05) is 11.6 Å². The van der Waals surface area contributed by atoms with E-state index in [0.717, 1.165) is 16.6 Å². The van der Waals surface area contributed by atoms with Gasteiger partial charge in [0.05, 0.1) is 28.5 Å². The Balaban J connectivity index is 1.96. The molecule has 1 aromatic heterocycles. The van der Waals surface area contributed by atoms with Crippen molar-refractivity contribution < 1.29 is 9.47 Å². The first-order valence-electron chi connectivity index (χ1n) is 5.87. The van der Waals surface area contributed by atoms with Gasteiger partial charge in [0.2, 0.25) is 0 Å². The molecule has 2 rings (SSSR count). The van der Waals surface area contributed by atoms with Crippen LogP contribution in [0.3, 0.4) is 0 Å². The largest absolute Gasteiger partial charge is 0.378 e. The molecule has 100 valence electrons. The van der Waals surface area contributed by atoms with Gasteiger partial charge in [0.25, 0.3) is 0 Å². The molecular formula is C12H16BrClN2O2. The van der Waals surface area contributed by atoms with E-state index in [1.165, 1.54) is 0 Å². The van der Waals surface area contributed by atoms with E-state index in [9.17, 15) is 0 Å². The summed E-state index contributed by atoms with van der Waals surface area (Å²) in [6, 6.07) is 2.16. The van der Waals surface area contributed by atoms with Gasteiger partial charge in [-0.3, -0.25) is 0 Å². The zero-order valence-corrected chi connectivity index (χ0v) is 12.7. The highest BCUT2D eigenvalue weighted by atomic mass is 79.9. The predicted octanol–water partition coefficient (Wildman–Crippen LogP) is 3.10. The molecule has 0 saturated heterocycles. The van der Waals surface area contributed by atoms with Gasteiger partial charge >= 0.3 is 0 Å². The quantitative estimate of drug-likeness (QED) is 0.840. The lowest BCUT2D eigenvalue weighted by molar-refractivity contribution is -0.118. The normalized spacial score (nSPS) is 26.8. The van der Waals surface area contributed by atoms with E-state index in [4.69, 9.17) is 21.1 Å². The molecule has 1 heterocycles. The molecule has 3 unspecified atom stereocenters. The van der Waals surface area contributed by atoms with Crippen LogP contribution in [-0.4, -0.2) is 37.0 Å². The van der Waals surface area contributed by atoms with Crippen molar-refractivity contribution in [3.8, 4) is 0 Å². The Morgan fingerprint density at radius 3 is 3.00 bits per heavy atom. The first-order valence-corrected chi connectivity index (χ1v) is 7.04. The number of hydrogen-bond donors (Lipinski definition) is 1. The fourth-order valence-electron chi connectivity index (χ4n) is 2.13. The smallest absolute Gasteiger partial charge is 0.143 e. The SMILES string of the molecule is CCOC1CC(Nc2cnc(Cl)c(Br)c2)C1OC. The highest BCUT2D eigenvalue weighted by Crippen LogP contribution is 2.31. The minimum atomic E-state index is 0.0828. The second-order valence-corrected chi connectivity index (χ2v) is 5.39. The van der Waals surface area contributed by atoms with Crippen molar-refractivity contribution >= 4 is 33.2 Å². The monoisotopic (exact) mass is 334 g/mol. The maximum atomic E-state index is 5.85. The lowest BCUT2D eigenvalue weighted by atomic mass is 9.85. The number of halogens is 2. The van der Waals surface area contributed by atoms with E-state index in [-0.39, 0.29) is 18.2 Å². The van der Waals surface area contributed by atoms with E-state index in [0.29, 0.717) is 11.8 Å². The molecule has 0 radical (unpaired) electrons. The van der Waals surface area contributed by atoms with Gasteiger partial charge < -0.3 is 14.8 Å². The molecule has 3 atom stereocenters. The van der Waals surface area contributed by atoms with Crippen LogP contribution >= 0.6 is 27.5 Å². The lowest BCUT2D eigenvalue weighted by Gasteiger charge is -2.43. The molecule has 6 heteroatoms. The van der Waals surface area contributed by atoms with Crippen LogP contribution in [0.1, 0.15) is 13.3 Å². The Labute approximate surface area is 120 Å². The van der Waals surface area contributed by atoms with Crippen molar-refractivity contribution in [1.29, 1.82) is 0 Å². The summed E-state index contributed by atoms with van der Waals surface area (Å²) in [4.78, 5) is 4.08. The zero-order chi connectivity index (χ0) is 13.1. The van der Waals surface area contributed by atoms with Crippen LogP contribution in [0.15, 0.2) is 16.7 Å². The van der Waals surface area contributed by atoms with Crippen LogP contribution < -0.4 is 5.32 Å². The van der Waals surface area contributed by atoms with Gasteiger partial charge in [-0.25, -0.2) is 4.98 Å². The van der Waals surface area contributed by atoms with E-state index >= 15 is 0 Å². The van der Waals surface area contributed by atoms with Crippen molar-refractivity contribution in [1.82, 2.24) is 4.98 Å². The van der Waals surface area contributed by atoms with Gasteiger partial charge in [-0.05, 0) is 35.3 Å². The van der Waals surface area contributed by atoms with Crippen molar-refractivity contribution in [3.05, 3.63) is 21.9 Å². The van der Waals surface area contributed by atoms with Crippen molar-refractivity contribution in [2.45, 2.75) is 31.6 Å². The summed E-state index contributed by atoms with van der Waals surface area (Å²) in [5.74, 6) is 0. The summed E-state index contributed by atoms with van der Waals surface area (Å²) < 4.78 is 11.8. The van der Waals surface area contributed by atoms with Crippen LogP contribution in [0.25, 0.3) is 0 Å². The highest BCUT2D eigenvalue weighted by molar-refractivity contribution is 9.10. The molecule has 4 nitrogen and oxygen atoms in total. The first kappa shape index (κ1) is 14.1. The Morgan fingerprint density at radius 1 is 1.61 bits per heavy atom. The number of pyridine rings is 1. The van der Waals surface area contributed by atoms with Crippen molar-refractivity contribution in [2.24, 2.45) is 0 Å². The summed E-state index contributed by atoms with van der Waals surface area (Å²) in [5.41, 5.74) is 0.924. The number of nitrogens with zero attached hydrogens (tertiary/aromatic N) is 1. The lowest BCUT2D eigenvalue weighted by Crippen LogP contribution is -2.56. The fraction of sp³-hybridized carbons (Fsp3) is 0.583. The Bertz CT molecular complexity index is 419. The fourth-order valence-corrected chi connectivity index (χ4v) is 2.58. The van der Waals surface area contributed by atoms with Crippen LogP contribution in [0.4, 0.5) is 5.69 Å². The third kappa shape index (κ3) is 2.96. The molecule has 18 heavy (non-hydrogen) atoms. The van der Waals surface area contributed by atoms with E-state index < -0.39 is 0 Å². The maximum absolute atomic E-state index is 5.85. The van der Waals surface area contributed by atoms with Crippen LogP contribution in [0.2, 0.25) is 5.15 Å². The second-order valence-electron chi connectivity index (χ2n) is 4.18. The molecule has 0 aliphatic heterocycles. The first-order chi connectivity index (χ1) is 8.65. The number of ether oxygens (including phenoxy) is 2. The van der Waals surface area contributed by atoms with E-state index in [1.807, 2.05) is 13.0 Å². The number of anilines is 1. The minimum absolute atomic E-state index is 0.0828. The molecule has 0 spiro atoms. The molecule has 0 aromatic carbocycles. The molecule has 1 aromatic rings. The summed E-state index contributed by atoms with van der Waals surface area (Å²) in [6.07, 6.45) is 2.92. The van der Waals surface area contributed by atoms with Crippen LogP contribution in [-0.2, 0) is 9.47 Å². The number of aromatic nitrogens is 1. The molecule has 1 fully saturated rings.